The van der Waals surface area contributed by atoms with Crippen LogP contribution in [0.15, 0.2) is 0 Å². The normalized spacial score (nSPS) is 38.7. The summed E-state index contributed by atoms with van der Waals surface area (Å²) in [6.45, 7) is 0. The third-order valence-corrected chi connectivity index (χ3v) is 4.73. The molecule has 2 atom stereocenters. The Morgan fingerprint density at radius 3 is 2.33 bits per heavy atom. The van der Waals surface area contributed by atoms with Gasteiger partial charge in [0.2, 0.25) is 0 Å². The van der Waals surface area contributed by atoms with Crippen LogP contribution < -0.4 is 0 Å². The highest BCUT2D eigenvalue weighted by Crippen LogP contribution is 2.61. The third-order valence-electron chi connectivity index (χ3n) is 3.78. The largest absolute Gasteiger partial charge is 0.481 e. The van der Waals surface area contributed by atoms with Crippen LogP contribution in [0.4, 0.5) is 0 Å². The van der Waals surface area contributed by atoms with Gasteiger partial charge in [-0.1, -0.05) is 0 Å². The Morgan fingerprint density at radius 1 is 1.40 bits per heavy atom. The Morgan fingerprint density at radius 2 is 1.93 bits per heavy atom. The van der Waals surface area contributed by atoms with Gasteiger partial charge in [-0.25, -0.2) is 8.42 Å². The average Bonchev–Trinajstić information content (AvgIpc) is 2.70. The zero-order valence-corrected chi connectivity index (χ0v) is 9.59. The van der Waals surface area contributed by atoms with Gasteiger partial charge in [-0.05, 0) is 37.5 Å². The first-order valence-corrected chi connectivity index (χ1v) is 7.30. The van der Waals surface area contributed by atoms with Crippen LogP contribution in [0.25, 0.3) is 0 Å². The number of carboxylic acid groups (broad SMARTS) is 1. The second-order valence-electron chi connectivity index (χ2n) is 5.13. The second kappa shape index (κ2) is 3.20. The molecular weight excluding hydrogens is 216 g/mol. The van der Waals surface area contributed by atoms with Crippen molar-refractivity contribution in [2.75, 3.05) is 12.0 Å². The van der Waals surface area contributed by atoms with Crippen molar-refractivity contribution in [1.29, 1.82) is 0 Å². The Kier molecular flexibility index (Phi) is 2.33. The number of carboxylic acids is 1. The van der Waals surface area contributed by atoms with Gasteiger partial charge in [0.15, 0.2) is 0 Å². The molecule has 86 valence electrons. The third kappa shape index (κ3) is 2.17. The zero-order chi connectivity index (χ0) is 11.3. The van der Waals surface area contributed by atoms with Crippen molar-refractivity contribution in [3.05, 3.63) is 0 Å². The minimum atomic E-state index is -3.05. The molecular formula is C10H16O4S. The van der Waals surface area contributed by atoms with Crippen molar-refractivity contribution < 1.29 is 18.3 Å². The number of carbonyl (C=O) groups is 1. The van der Waals surface area contributed by atoms with E-state index in [-0.39, 0.29) is 12.2 Å². The van der Waals surface area contributed by atoms with E-state index in [9.17, 15) is 18.3 Å². The molecule has 0 radical (unpaired) electrons. The molecule has 0 bridgehead atoms. The molecule has 0 aromatic carbocycles. The first-order chi connectivity index (χ1) is 6.82. The maximum absolute atomic E-state index is 11.2. The molecule has 2 fully saturated rings. The molecule has 0 aliphatic heterocycles. The molecule has 2 aliphatic rings. The molecule has 15 heavy (non-hydrogen) atoms. The van der Waals surface area contributed by atoms with Crippen LogP contribution >= 0.6 is 0 Å². The molecule has 0 spiro atoms. The minimum Gasteiger partial charge on any atom is -0.481 e. The van der Waals surface area contributed by atoms with E-state index >= 15 is 0 Å². The van der Waals surface area contributed by atoms with E-state index in [1.54, 1.807) is 0 Å². The second-order valence-corrected chi connectivity index (χ2v) is 7.39. The molecule has 0 saturated heterocycles. The van der Waals surface area contributed by atoms with Crippen LogP contribution in [-0.4, -0.2) is 31.5 Å². The summed E-state index contributed by atoms with van der Waals surface area (Å²) in [6.07, 6.45) is 3.96. The zero-order valence-electron chi connectivity index (χ0n) is 8.77. The molecule has 2 unspecified atom stereocenters. The van der Waals surface area contributed by atoms with Crippen LogP contribution in [0, 0.1) is 17.3 Å². The van der Waals surface area contributed by atoms with E-state index < -0.39 is 21.2 Å². The highest BCUT2D eigenvalue weighted by Gasteiger charge is 2.57. The van der Waals surface area contributed by atoms with Crippen molar-refractivity contribution in [3.8, 4) is 0 Å². The summed E-state index contributed by atoms with van der Waals surface area (Å²) < 4.78 is 22.1. The molecule has 1 N–H and O–H groups in total. The van der Waals surface area contributed by atoms with E-state index in [1.165, 1.54) is 0 Å². The Labute approximate surface area is 89.6 Å². The number of fused-ring (bicyclic) bond motifs is 1. The van der Waals surface area contributed by atoms with Crippen molar-refractivity contribution >= 4 is 15.8 Å². The number of rotatable bonds is 4. The maximum atomic E-state index is 11.2. The number of hydrogen-bond donors (Lipinski definition) is 1. The minimum absolute atomic E-state index is 0.00125. The van der Waals surface area contributed by atoms with Gasteiger partial charge in [0.25, 0.3) is 0 Å². The predicted octanol–water partition coefficient (Wildman–Crippen LogP) is 0.922. The quantitative estimate of drug-likeness (QED) is 0.782. The molecule has 0 heterocycles. The summed E-state index contributed by atoms with van der Waals surface area (Å²) in [5.41, 5.74) is -0.739. The van der Waals surface area contributed by atoms with Crippen LogP contribution in [0.3, 0.4) is 0 Å². The van der Waals surface area contributed by atoms with Gasteiger partial charge < -0.3 is 5.11 Å². The Balaban J connectivity index is 2.05. The molecule has 2 saturated carbocycles. The van der Waals surface area contributed by atoms with Gasteiger partial charge in [0.1, 0.15) is 9.84 Å². The SMILES string of the molecule is CS(=O)(=O)CCC1(C(=O)O)CC2CC2C1. The molecule has 2 aliphatic carbocycles. The monoisotopic (exact) mass is 232 g/mol. The number of hydrogen-bond acceptors (Lipinski definition) is 3. The molecule has 4 nitrogen and oxygen atoms in total. The van der Waals surface area contributed by atoms with Gasteiger partial charge in [0.05, 0.1) is 11.2 Å². The highest BCUT2D eigenvalue weighted by molar-refractivity contribution is 7.90. The van der Waals surface area contributed by atoms with Crippen molar-refractivity contribution in [1.82, 2.24) is 0 Å². The van der Waals surface area contributed by atoms with Gasteiger partial charge >= 0.3 is 5.97 Å². The Bertz CT molecular complexity index is 374. The molecule has 0 amide bonds. The maximum Gasteiger partial charge on any atom is 0.309 e. The average molecular weight is 232 g/mol. The van der Waals surface area contributed by atoms with Gasteiger partial charge in [-0.3, -0.25) is 4.79 Å². The molecule has 5 heteroatoms. The van der Waals surface area contributed by atoms with Crippen LogP contribution in [0.1, 0.15) is 25.7 Å². The van der Waals surface area contributed by atoms with E-state index in [4.69, 9.17) is 0 Å². The van der Waals surface area contributed by atoms with Crippen molar-refractivity contribution in [2.24, 2.45) is 17.3 Å². The summed E-state index contributed by atoms with van der Waals surface area (Å²) in [7, 11) is -3.05. The van der Waals surface area contributed by atoms with E-state index in [1.807, 2.05) is 0 Å². The van der Waals surface area contributed by atoms with Crippen molar-refractivity contribution in [2.45, 2.75) is 25.7 Å². The number of sulfone groups is 1. The van der Waals surface area contributed by atoms with Gasteiger partial charge in [0, 0.05) is 6.26 Å². The van der Waals surface area contributed by atoms with Crippen molar-refractivity contribution in [3.63, 3.8) is 0 Å². The van der Waals surface area contributed by atoms with Crippen LogP contribution in [-0.2, 0) is 14.6 Å². The number of aliphatic carboxylic acids is 1. The summed E-state index contributed by atoms with van der Waals surface area (Å²) in [4.78, 5) is 11.2. The van der Waals surface area contributed by atoms with Gasteiger partial charge in [-0.15, -0.1) is 0 Å². The summed E-state index contributed by atoms with van der Waals surface area (Å²) in [5.74, 6) is 0.304. The first-order valence-electron chi connectivity index (χ1n) is 5.23. The Hall–Kier alpha value is -0.580. The lowest BCUT2D eigenvalue weighted by Crippen LogP contribution is -2.31. The molecule has 0 aromatic rings. The van der Waals surface area contributed by atoms with Gasteiger partial charge in [-0.2, -0.15) is 0 Å². The fourth-order valence-electron chi connectivity index (χ4n) is 2.76. The van der Waals surface area contributed by atoms with E-state index in [2.05, 4.69) is 0 Å². The standard InChI is InChI=1S/C10H16O4S/c1-15(13,14)3-2-10(9(11)12)5-7-4-8(7)6-10/h7-8H,2-6H2,1H3,(H,11,12). The fourth-order valence-corrected chi connectivity index (χ4v) is 3.53. The molecule has 2 rings (SSSR count). The fraction of sp³-hybridized carbons (Fsp3) is 0.900. The lowest BCUT2D eigenvalue weighted by Gasteiger charge is -2.25. The topological polar surface area (TPSA) is 71.4 Å². The van der Waals surface area contributed by atoms with E-state index in [0.717, 1.165) is 12.7 Å². The lowest BCUT2D eigenvalue weighted by molar-refractivity contribution is -0.149. The van der Waals surface area contributed by atoms with Crippen LogP contribution in [0.2, 0.25) is 0 Å². The summed E-state index contributed by atoms with van der Waals surface area (Å²) in [5, 5.41) is 9.20. The molecule has 0 aromatic heterocycles. The smallest absolute Gasteiger partial charge is 0.309 e. The van der Waals surface area contributed by atoms with E-state index in [0.29, 0.717) is 24.7 Å². The summed E-state index contributed by atoms with van der Waals surface area (Å²) in [6, 6.07) is 0. The lowest BCUT2D eigenvalue weighted by atomic mass is 9.80. The first kappa shape index (κ1) is 10.9. The highest BCUT2D eigenvalue weighted by atomic mass is 32.2. The predicted molar refractivity (Wildman–Crippen MR) is 55.2 cm³/mol. The van der Waals surface area contributed by atoms with Crippen LogP contribution in [0.5, 0.6) is 0 Å². The summed E-state index contributed by atoms with van der Waals surface area (Å²) >= 11 is 0.